The third-order valence-electron chi connectivity index (χ3n) is 4.43. The number of hydrogen-bond acceptors (Lipinski definition) is 2. The highest BCUT2D eigenvalue weighted by Crippen LogP contribution is 2.44. The molecule has 4 heteroatoms. The highest BCUT2D eigenvalue weighted by molar-refractivity contribution is 5.68. The molecule has 1 amide bonds. The summed E-state index contributed by atoms with van der Waals surface area (Å²) in [6.45, 7) is 7.48. The van der Waals surface area contributed by atoms with Gasteiger partial charge in [0.2, 0.25) is 0 Å². The van der Waals surface area contributed by atoms with Gasteiger partial charge in [-0.25, -0.2) is 4.79 Å². The smallest absolute Gasteiger partial charge is 0.410 e. The van der Waals surface area contributed by atoms with Gasteiger partial charge in [-0.05, 0) is 57.6 Å². The van der Waals surface area contributed by atoms with E-state index >= 15 is 0 Å². The Kier molecular flexibility index (Phi) is 3.27. The van der Waals surface area contributed by atoms with E-state index < -0.39 is 5.60 Å². The molecule has 2 unspecified atom stereocenters. The zero-order valence-corrected chi connectivity index (χ0v) is 12.6. The highest BCUT2D eigenvalue weighted by Gasteiger charge is 2.43. The minimum Gasteiger partial charge on any atom is -0.444 e. The summed E-state index contributed by atoms with van der Waals surface area (Å²) < 4.78 is 7.78. The van der Waals surface area contributed by atoms with E-state index in [2.05, 4.69) is 29.1 Å². The molecule has 0 aromatic carbocycles. The Morgan fingerprint density at radius 2 is 1.65 bits per heavy atom. The summed E-state index contributed by atoms with van der Waals surface area (Å²) in [4.78, 5) is 14.0. The lowest BCUT2D eigenvalue weighted by atomic mass is 10.0. The largest absolute Gasteiger partial charge is 0.444 e. The second-order valence-electron chi connectivity index (χ2n) is 7.16. The van der Waals surface area contributed by atoms with Crippen molar-refractivity contribution in [3.63, 3.8) is 0 Å². The van der Waals surface area contributed by atoms with E-state index in [-0.39, 0.29) is 6.09 Å². The molecule has 1 aromatic heterocycles. The van der Waals surface area contributed by atoms with Crippen LogP contribution in [0.25, 0.3) is 0 Å². The molecule has 2 fully saturated rings. The SMILES string of the molecule is CC(C)(C)OC(=O)N1CC2CC(n3cccc3)CC2C1. The van der Waals surface area contributed by atoms with Gasteiger partial charge < -0.3 is 14.2 Å². The molecule has 4 nitrogen and oxygen atoms in total. The summed E-state index contributed by atoms with van der Waals surface area (Å²) in [6, 6.07) is 4.78. The number of nitrogens with zero attached hydrogens (tertiary/aromatic N) is 2. The van der Waals surface area contributed by atoms with Crippen LogP contribution in [0.3, 0.4) is 0 Å². The third kappa shape index (κ3) is 2.69. The third-order valence-corrected chi connectivity index (χ3v) is 4.43. The van der Waals surface area contributed by atoms with Gasteiger partial charge in [0.15, 0.2) is 0 Å². The van der Waals surface area contributed by atoms with Crippen LogP contribution in [0.15, 0.2) is 24.5 Å². The molecule has 0 spiro atoms. The number of carbonyl (C=O) groups is 1. The Balaban J connectivity index is 1.57. The molecule has 0 radical (unpaired) electrons. The fourth-order valence-corrected chi connectivity index (χ4v) is 3.58. The first-order valence-corrected chi connectivity index (χ1v) is 7.53. The number of ether oxygens (including phenoxy) is 1. The zero-order chi connectivity index (χ0) is 14.3. The van der Waals surface area contributed by atoms with E-state index in [1.807, 2.05) is 25.7 Å². The number of carbonyl (C=O) groups excluding carboxylic acids is 1. The van der Waals surface area contributed by atoms with Crippen LogP contribution in [-0.4, -0.2) is 34.3 Å². The molecule has 1 aliphatic carbocycles. The van der Waals surface area contributed by atoms with Crippen LogP contribution < -0.4 is 0 Å². The van der Waals surface area contributed by atoms with Gasteiger partial charge in [-0.15, -0.1) is 0 Å². The Hall–Kier alpha value is -1.45. The topological polar surface area (TPSA) is 34.5 Å². The van der Waals surface area contributed by atoms with Crippen molar-refractivity contribution in [2.24, 2.45) is 11.8 Å². The lowest BCUT2D eigenvalue weighted by Crippen LogP contribution is -2.36. The van der Waals surface area contributed by atoms with Crippen LogP contribution in [0.1, 0.15) is 39.7 Å². The summed E-state index contributed by atoms with van der Waals surface area (Å²) in [5, 5.41) is 0. The maximum absolute atomic E-state index is 12.1. The minimum atomic E-state index is -0.400. The van der Waals surface area contributed by atoms with Crippen molar-refractivity contribution in [3.8, 4) is 0 Å². The van der Waals surface area contributed by atoms with Gasteiger partial charge in [0.05, 0.1) is 0 Å². The van der Waals surface area contributed by atoms with Gasteiger partial charge in [-0.3, -0.25) is 0 Å². The summed E-state index contributed by atoms with van der Waals surface area (Å²) in [5.74, 6) is 1.27. The number of likely N-dealkylation sites (tertiary alicyclic amines) is 1. The monoisotopic (exact) mass is 276 g/mol. The number of amides is 1. The predicted molar refractivity (Wildman–Crippen MR) is 77.5 cm³/mol. The van der Waals surface area contributed by atoms with Crippen molar-refractivity contribution in [2.75, 3.05) is 13.1 Å². The van der Waals surface area contributed by atoms with E-state index in [0.29, 0.717) is 17.9 Å². The van der Waals surface area contributed by atoms with Crippen LogP contribution in [0.5, 0.6) is 0 Å². The van der Waals surface area contributed by atoms with E-state index in [1.54, 1.807) is 0 Å². The molecule has 1 aliphatic heterocycles. The van der Waals surface area contributed by atoms with Crippen molar-refractivity contribution in [2.45, 2.75) is 45.3 Å². The van der Waals surface area contributed by atoms with Gasteiger partial charge >= 0.3 is 6.09 Å². The van der Waals surface area contributed by atoms with Crippen LogP contribution in [0, 0.1) is 11.8 Å². The quantitative estimate of drug-likeness (QED) is 0.788. The van der Waals surface area contributed by atoms with Crippen LogP contribution in [0.4, 0.5) is 4.79 Å². The summed E-state index contributed by atoms with van der Waals surface area (Å²) >= 11 is 0. The van der Waals surface area contributed by atoms with E-state index in [4.69, 9.17) is 4.74 Å². The molecular formula is C16H24N2O2. The molecule has 1 saturated heterocycles. The van der Waals surface area contributed by atoms with Gasteiger partial charge in [-0.1, -0.05) is 0 Å². The first-order valence-electron chi connectivity index (χ1n) is 7.53. The summed E-state index contributed by atoms with van der Waals surface area (Å²) in [6.07, 6.45) is 6.51. The number of rotatable bonds is 1. The Bertz CT molecular complexity index is 461. The molecular weight excluding hydrogens is 252 g/mol. The fraction of sp³-hybridized carbons (Fsp3) is 0.688. The van der Waals surface area contributed by atoms with Gasteiger partial charge in [0.1, 0.15) is 5.60 Å². The molecule has 1 aromatic rings. The maximum Gasteiger partial charge on any atom is 0.410 e. The van der Waals surface area contributed by atoms with Crippen LogP contribution in [0.2, 0.25) is 0 Å². The Morgan fingerprint density at radius 1 is 1.10 bits per heavy atom. The molecule has 2 aliphatic rings. The van der Waals surface area contributed by atoms with E-state index in [9.17, 15) is 4.79 Å². The zero-order valence-electron chi connectivity index (χ0n) is 12.6. The molecule has 110 valence electrons. The minimum absolute atomic E-state index is 0.149. The number of aromatic nitrogens is 1. The molecule has 2 heterocycles. The van der Waals surface area contributed by atoms with Crippen molar-refractivity contribution in [3.05, 3.63) is 24.5 Å². The van der Waals surface area contributed by atoms with E-state index in [0.717, 1.165) is 13.1 Å². The second kappa shape index (κ2) is 4.83. The number of fused-ring (bicyclic) bond motifs is 1. The van der Waals surface area contributed by atoms with E-state index in [1.165, 1.54) is 12.8 Å². The lowest BCUT2D eigenvalue weighted by molar-refractivity contribution is 0.0278. The predicted octanol–water partition coefficient (Wildman–Crippen LogP) is 3.31. The molecule has 20 heavy (non-hydrogen) atoms. The first kappa shape index (κ1) is 13.5. The molecule has 1 saturated carbocycles. The molecule has 3 rings (SSSR count). The highest BCUT2D eigenvalue weighted by atomic mass is 16.6. The van der Waals surface area contributed by atoms with Crippen molar-refractivity contribution in [1.82, 2.24) is 9.47 Å². The standard InChI is InChI=1S/C16H24N2O2/c1-16(2,3)20-15(19)18-10-12-8-14(9-13(12)11-18)17-6-4-5-7-17/h4-7,12-14H,8-11H2,1-3H3. The first-order chi connectivity index (χ1) is 9.42. The van der Waals surface area contributed by atoms with Gasteiger partial charge in [0.25, 0.3) is 0 Å². The molecule has 2 atom stereocenters. The second-order valence-corrected chi connectivity index (χ2v) is 7.16. The summed E-state index contributed by atoms with van der Waals surface area (Å²) in [7, 11) is 0. The Morgan fingerprint density at radius 3 is 2.15 bits per heavy atom. The van der Waals surface area contributed by atoms with Crippen molar-refractivity contribution < 1.29 is 9.53 Å². The molecule has 0 N–H and O–H groups in total. The fourth-order valence-electron chi connectivity index (χ4n) is 3.58. The van der Waals surface area contributed by atoms with Gasteiger partial charge in [0, 0.05) is 31.5 Å². The average molecular weight is 276 g/mol. The number of hydrogen-bond donors (Lipinski definition) is 0. The van der Waals surface area contributed by atoms with Crippen LogP contribution >= 0.6 is 0 Å². The Labute approximate surface area is 120 Å². The molecule has 0 bridgehead atoms. The summed E-state index contributed by atoms with van der Waals surface area (Å²) in [5.41, 5.74) is -0.400. The average Bonchev–Trinajstić information content (AvgIpc) is 3.01. The van der Waals surface area contributed by atoms with Gasteiger partial charge in [-0.2, -0.15) is 0 Å². The lowest BCUT2D eigenvalue weighted by Gasteiger charge is -2.25. The van der Waals surface area contributed by atoms with Crippen molar-refractivity contribution >= 4 is 6.09 Å². The van der Waals surface area contributed by atoms with Crippen molar-refractivity contribution in [1.29, 1.82) is 0 Å². The van der Waals surface area contributed by atoms with Crippen LogP contribution in [-0.2, 0) is 4.74 Å². The maximum atomic E-state index is 12.1. The normalized spacial score (nSPS) is 29.6.